The Bertz CT molecular complexity index is 1040. The van der Waals surface area contributed by atoms with Crippen LogP contribution in [0, 0.1) is 0 Å². The molecule has 2 heterocycles. The number of fused-ring (bicyclic) bond motifs is 1. The lowest BCUT2D eigenvalue weighted by Gasteiger charge is -2.15. The normalized spacial score (nSPS) is 12.2. The van der Waals surface area contributed by atoms with Gasteiger partial charge in [-0.05, 0) is 60.5 Å². The minimum absolute atomic E-state index is 0.105. The fourth-order valence-electron chi connectivity index (χ4n) is 2.89. The van der Waals surface area contributed by atoms with Crippen LogP contribution in [-0.4, -0.2) is 20.1 Å². The molecule has 2 aromatic heterocycles. The van der Waals surface area contributed by atoms with Crippen molar-refractivity contribution in [3.8, 4) is 17.0 Å². The molecule has 0 saturated heterocycles. The van der Waals surface area contributed by atoms with Gasteiger partial charge in [0.15, 0.2) is 0 Å². The van der Waals surface area contributed by atoms with Gasteiger partial charge in [-0.15, -0.1) is 0 Å². The highest BCUT2D eigenvalue weighted by molar-refractivity contribution is 9.10. The Hall–Kier alpha value is -2.86. The molecule has 0 spiro atoms. The third-order valence-electron chi connectivity index (χ3n) is 4.33. The second-order valence-electron chi connectivity index (χ2n) is 6.13. The highest BCUT2D eigenvalue weighted by Gasteiger charge is 2.12. The zero-order valence-electron chi connectivity index (χ0n) is 14.1. The molecule has 0 radical (unpaired) electrons. The van der Waals surface area contributed by atoms with Crippen LogP contribution in [0.5, 0.6) is 5.75 Å². The number of hydrogen-bond donors (Lipinski definition) is 3. The van der Waals surface area contributed by atoms with Crippen molar-refractivity contribution in [2.75, 3.05) is 5.32 Å². The van der Waals surface area contributed by atoms with Gasteiger partial charge in [0.05, 0.1) is 5.39 Å². The molecule has 0 aliphatic rings. The average molecular weight is 409 g/mol. The number of phenolic OH excluding ortho intramolecular Hbond substituents is 1. The summed E-state index contributed by atoms with van der Waals surface area (Å²) in [5, 5.41) is 13.9. The Kier molecular flexibility index (Phi) is 4.34. The summed E-state index contributed by atoms with van der Waals surface area (Å²) in [7, 11) is 0. The van der Waals surface area contributed by atoms with E-state index < -0.39 is 0 Å². The Morgan fingerprint density at radius 1 is 1.04 bits per heavy atom. The van der Waals surface area contributed by atoms with E-state index in [0.29, 0.717) is 0 Å². The van der Waals surface area contributed by atoms with E-state index in [9.17, 15) is 5.11 Å². The van der Waals surface area contributed by atoms with Crippen molar-refractivity contribution in [2.45, 2.75) is 13.0 Å². The standard InChI is InChI=1S/C20H17BrN4O/c1-12(13-2-6-15(21)7-3-13)24-19-17-10-18(25-20(17)23-11-22-19)14-4-8-16(26)9-5-14/h2-12,26H,1H3,(H2,22,23,24,25)/t12-/m0/s1. The van der Waals surface area contributed by atoms with E-state index in [0.717, 1.165) is 32.6 Å². The molecule has 2 aromatic carbocycles. The first-order valence-corrected chi connectivity index (χ1v) is 9.04. The topological polar surface area (TPSA) is 73.8 Å². The molecule has 0 bridgehead atoms. The molecule has 4 aromatic rings. The van der Waals surface area contributed by atoms with Crippen LogP contribution >= 0.6 is 15.9 Å². The number of rotatable bonds is 4. The van der Waals surface area contributed by atoms with Crippen LogP contribution in [0.2, 0.25) is 0 Å². The summed E-state index contributed by atoms with van der Waals surface area (Å²) in [6, 6.07) is 17.4. The number of H-pyrrole nitrogens is 1. The number of anilines is 1. The molecule has 0 unspecified atom stereocenters. The van der Waals surface area contributed by atoms with Crippen molar-refractivity contribution in [1.29, 1.82) is 0 Å². The van der Waals surface area contributed by atoms with Crippen LogP contribution in [-0.2, 0) is 0 Å². The van der Waals surface area contributed by atoms with E-state index in [4.69, 9.17) is 0 Å². The Morgan fingerprint density at radius 2 is 1.77 bits per heavy atom. The van der Waals surface area contributed by atoms with E-state index in [1.54, 1.807) is 18.5 Å². The number of nitrogens with one attached hydrogen (secondary N) is 2. The van der Waals surface area contributed by atoms with Gasteiger partial charge in [-0.3, -0.25) is 0 Å². The molecule has 0 amide bonds. The maximum atomic E-state index is 9.47. The number of halogens is 1. The van der Waals surface area contributed by atoms with Gasteiger partial charge in [-0.25, -0.2) is 9.97 Å². The summed E-state index contributed by atoms with van der Waals surface area (Å²) in [6.07, 6.45) is 1.55. The Labute approximate surface area is 159 Å². The number of benzene rings is 2. The second-order valence-corrected chi connectivity index (χ2v) is 7.05. The van der Waals surface area contributed by atoms with Crippen LogP contribution in [0.25, 0.3) is 22.3 Å². The quantitative estimate of drug-likeness (QED) is 0.430. The van der Waals surface area contributed by atoms with Crippen LogP contribution < -0.4 is 5.32 Å². The van der Waals surface area contributed by atoms with Gasteiger partial charge >= 0.3 is 0 Å². The smallest absolute Gasteiger partial charge is 0.143 e. The summed E-state index contributed by atoms with van der Waals surface area (Å²) in [6.45, 7) is 2.10. The maximum Gasteiger partial charge on any atom is 0.143 e. The molecular weight excluding hydrogens is 392 g/mol. The van der Waals surface area contributed by atoms with E-state index in [1.165, 1.54) is 5.56 Å². The van der Waals surface area contributed by atoms with Gasteiger partial charge in [0.2, 0.25) is 0 Å². The van der Waals surface area contributed by atoms with Gasteiger partial charge in [0.1, 0.15) is 23.5 Å². The van der Waals surface area contributed by atoms with E-state index in [1.807, 2.05) is 30.3 Å². The number of aromatic nitrogens is 3. The van der Waals surface area contributed by atoms with Crippen LogP contribution in [0.1, 0.15) is 18.5 Å². The summed E-state index contributed by atoms with van der Waals surface area (Å²) in [5.74, 6) is 1.03. The van der Waals surface area contributed by atoms with E-state index in [2.05, 4.69) is 55.3 Å². The highest BCUT2D eigenvalue weighted by Crippen LogP contribution is 2.29. The first-order valence-electron chi connectivity index (χ1n) is 8.25. The Morgan fingerprint density at radius 3 is 2.50 bits per heavy atom. The summed E-state index contributed by atoms with van der Waals surface area (Å²) in [4.78, 5) is 12.1. The molecule has 4 rings (SSSR count). The van der Waals surface area contributed by atoms with Crippen molar-refractivity contribution >= 4 is 32.8 Å². The van der Waals surface area contributed by atoms with E-state index >= 15 is 0 Å². The van der Waals surface area contributed by atoms with Gasteiger partial charge in [0, 0.05) is 16.2 Å². The number of phenols is 1. The first kappa shape index (κ1) is 16.6. The summed E-state index contributed by atoms with van der Waals surface area (Å²) < 4.78 is 1.06. The third-order valence-corrected chi connectivity index (χ3v) is 4.86. The second kappa shape index (κ2) is 6.80. The molecule has 0 saturated carbocycles. The molecule has 0 aliphatic carbocycles. The number of aromatic amines is 1. The van der Waals surface area contributed by atoms with Crippen molar-refractivity contribution < 1.29 is 5.11 Å². The maximum absolute atomic E-state index is 9.47. The minimum atomic E-state index is 0.105. The lowest BCUT2D eigenvalue weighted by atomic mass is 10.1. The predicted octanol–water partition coefficient (Wildman–Crippen LogP) is 5.27. The van der Waals surface area contributed by atoms with Crippen LogP contribution in [0.3, 0.4) is 0 Å². The third kappa shape index (κ3) is 3.28. The van der Waals surface area contributed by atoms with Gasteiger partial charge in [0.25, 0.3) is 0 Å². The molecule has 130 valence electrons. The first-order chi connectivity index (χ1) is 12.6. The van der Waals surface area contributed by atoms with Gasteiger partial charge < -0.3 is 15.4 Å². The number of hydrogen-bond acceptors (Lipinski definition) is 4. The summed E-state index contributed by atoms with van der Waals surface area (Å²) >= 11 is 3.46. The molecule has 0 fully saturated rings. The van der Waals surface area contributed by atoms with Crippen LogP contribution in [0.4, 0.5) is 5.82 Å². The molecule has 5 nitrogen and oxygen atoms in total. The molecule has 1 atom stereocenters. The fraction of sp³-hybridized carbons (Fsp3) is 0.100. The molecule has 6 heteroatoms. The SMILES string of the molecule is C[C@H](Nc1ncnc2[nH]c(-c3ccc(O)cc3)cc12)c1ccc(Br)cc1. The summed E-state index contributed by atoms with van der Waals surface area (Å²) in [5.41, 5.74) is 3.86. The predicted molar refractivity (Wildman–Crippen MR) is 107 cm³/mol. The molecule has 26 heavy (non-hydrogen) atoms. The van der Waals surface area contributed by atoms with E-state index in [-0.39, 0.29) is 11.8 Å². The Balaban J connectivity index is 1.67. The van der Waals surface area contributed by atoms with Crippen molar-refractivity contribution in [2.24, 2.45) is 0 Å². The van der Waals surface area contributed by atoms with Crippen molar-refractivity contribution in [3.05, 3.63) is 71.0 Å². The average Bonchev–Trinajstić information content (AvgIpc) is 3.08. The molecule has 3 N–H and O–H groups in total. The van der Waals surface area contributed by atoms with Crippen molar-refractivity contribution in [1.82, 2.24) is 15.0 Å². The lowest BCUT2D eigenvalue weighted by Crippen LogP contribution is -2.08. The molecular formula is C20H17BrN4O. The molecule has 0 aliphatic heterocycles. The highest BCUT2D eigenvalue weighted by atomic mass is 79.9. The number of aromatic hydroxyl groups is 1. The van der Waals surface area contributed by atoms with Gasteiger partial charge in [-0.1, -0.05) is 28.1 Å². The van der Waals surface area contributed by atoms with Crippen molar-refractivity contribution in [3.63, 3.8) is 0 Å². The monoisotopic (exact) mass is 408 g/mol. The zero-order valence-corrected chi connectivity index (χ0v) is 15.7. The fourth-order valence-corrected chi connectivity index (χ4v) is 3.16. The minimum Gasteiger partial charge on any atom is -0.508 e. The zero-order chi connectivity index (χ0) is 18.1. The largest absolute Gasteiger partial charge is 0.508 e. The van der Waals surface area contributed by atoms with Gasteiger partial charge in [-0.2, -0.15) is 0 Å². The lowest BCUT2D eigenvalue weighted by molar-refractivity contribution is 0.475. The van der Waals surface area contributed by atoms with Crippen LogP contribution in [0.15, 0.2) is 65.4 Å². The number of nitrogens with zero attached hydrogens (tertiary/aromatic N) is 2.